The lowest BCUT2D eigenvalue weighted by atomic mass is 10.00. The van der Waals surface area contributed by atoms with E-state index in [1.807, 2.05) is 23.6 Å². The molecule has 3 aromatic rings. The fraction of sp³-hybridized carbons (Fsp3) is 0.423. The molecule has 0 bridgehead atoms. The molecule has 0 atom stereocenters. The molecular weight excluding hydrogens is 466 g/mol. The molecule has 0 saturated carbocycles. The van der Waals surface area contributed by atoms with E-state index < -0.39 is 10.0 Å². The third kappa shape index (κ3) is 5.20. The molecule has 0 N–H and O–H groups in total. The van der Waals surface area contributed by atoms with E-state index in [1.165, 1.54) is 16.9 Å². The number of thiazole rings is 1. The zero-order valence-corrected chi connectivity index (χ0v) is 21.1. The number of aryl methyl sites for hydroxylation is 1. The number of rotatable bonds is 6. The molecule has 2 aliphatic heterocycles. The highest BCUT2D eigenvalue weighted by atomic mass is 32.2. The van der Waals surface area contributed by atoms with E-state index in [1.54, 1.807) is 22.6 Å². The summed E-state index contributed by atoms with van der Waals surface area (Å²) in [5.41, 5.74) is 3.32. The Morgan fingerprint density at radius 2 is 1.68 bits per heavy atom. The molecule has 8 heteroatoms. The van der Waals surface area contributed by atoms with Gasteiger partial charge < -0.3 is 9.64 Å². The van der Waals surface area contributed by atoms with Gasteiger partial charge in [-0.3, -0.25) is 0 Å². The van der Waals surface area contributed by atoms with E-state index in [0.29, 0.717) is 24.0 Å². The number of likely N-dealkylation sites (tertiary alicyclic amines) is 1. The van der Waals surface area contributed by atoms with Gasteiger partial charge in [0.05, 0.1) is 4.90 Å². The average Bonchev–Trinajstić information content (AvgIpc) is 3.38. The molecule has 5 rings (SSSR count). The highest BCUT2D eigenvalue weighted by molar-refractivity contribution is 7.89. The van der Waals surface area contributed by atoms with Crippen molar-refractivity contribution in [1.29, 1.82) is 0 Å². The van der Waals surface area contributed by atoms with Gasteiger partial charge in [0.25, 0.3) is 5.19 Å². The first-order valence-electron chi connectivity index (χ1n) is 12.0. The van der Waals surface area contributed by atoms with Crippen LogP contribution in [-0.2, 0) is 10.0 Å². The van der Waals surface area contributed by atoms with Crippen LogP contribution in [0.2, 0.25) is 0 Å². The molecule has 2 aromatic carbocycles. The number of hydrogen-bond donors (Lipinski definition) is 0. The van der Waals surface area contributed by atoms with Gasteiger partial charge in [0.15, 0.2) is 0 Å². The number of nitrogens with zero attached hydrogens (tertiary/aromatic N) is 3. The molecule has 2 aliphatic rings. The van der Waals surface area contributed by atoms with Crippen LogP contribution >= 0.6 is 11.3 Å². The lowest BCUT2D eigenvalue weighted by Crippen LogP contribution is -2.50. The minimum atomic E-state index is -3.47. The Kier molecular flexibility index (Phi) is 7.01. The molecule has 1 aromatic heterocycles. The SMILES string of the molecule is Cc1cccc(-c2ccc(S(=O)(=O)N3CCC(N4CCC(Oc5nccs5)CC4)CC3)cc2)c1. The van der Waals surface area contributed by atoms with Gasteiger partial charge in [0, 0.05) is 43.8 Å². The van der Waals surface area contributed by atoms with E-state index in [0.717, 1.165) is 55.1 Å². The topological polar surface area (TPSA) is 62.7 Å². The number of aromatic nitrogens is 1. The molecule has 0 unspecified atom stereocenters. The Labute approximate surface area is 206 Å². The van der Waals surface area contributed by atoms with Crippen LogP contribution in [0, 0.1) is 6.92 Å². The number of piperidine rings is 2. The highest BCUT2D eigenvalue weighted by Crippen LogP contribution is 2.28. The second kappa shape index (κ2) is 10.2. The minimum Gasteiger partial charge on any atom is -0.467 e. The Bertz CT molecular complexity index is 1180. The minimum absolute atomic E-state index is 0.227. The smallest absolute Gasteiger partial charge is 0.273 e. The molecule has 0 amide bonds. The summed E-state index contributed by atoms with van der Waals surface area (Å²) in [5.74, 6) is 0. The highest BCUT2D eigenvalue weighted by Gasteiger charge is 2.33. The lowest BCUT2D eigenvalue weighted by molar-refractivity contribution is 0.0584. The Morgan fingerprint density at radius 3 is 2.32 bits per heavy atom. The van der Waals surface area contributed by atoms with Crippen LogP contribution in [0.5, 0.6) is 5.19 Å². The van der Waals surface area contributed by atoms with E-state index in [-0.39, 0.29) is 6.10 Å². The molecule has 0 spiro atoms. The van der Waals surface area contributed by atoms with Gasteiger partial charge in [-0.1, -0.05) is 53.3 Å². The fourth-order valence-electron chi connectivity index (χ4n) is 5.01. The number of ether oxygens (including phenoxy) is 1. The quantitative estimate of drug-likeness (QED) is 0.489. The Morgan fingerprint density at radius 1 is 0.941 bits per heavy atom. The monoisotopic (exact) mass is 497 g/mol. The zero-order chi connectivity index (χ0) is 23.5. The van der Waals surface area contributed by atoms with Crippen LogP contribution in [0.25, 0.3) is 11.1 Å². The average molecular weight is 498 g/mol. The summed E-state index contributed by atoms with van der Waals surface area (Å²) in [7, 11) is -3.47. The van der Waals surface area contributed by atoms with Crippen LogP contribution in [-0.4, -0.2) is 60.9 Å². The second-order valence-electron chi connectivity index (χ2n) is 9.18. The van der Waals surface area contributed by atoms with Crippen LogP contribution in [0.4, 0.5) is 0 Å². The third-order valence-corrected chi connectivity index (χ3v) is 9.51. The molecular formula is C26H31N3O3S2. The van der Waals surface area contributed by atoms with E-state index in [4.69, 9.17) is 4.74 Å². The summed E-state index contributed by atoms with van der Waals surface area (Å²) in [6.45, 7) is 5.19. The van der Waals surface area contributed by atoms with Gasteiger partial charge in [-0.25, -0.2) is 13.4 Å². The Balaban J connectivity index is 1.15. The molecule has 3 heterocycles. The molecule has 2 fully saturated rings. The maximum atomic E-state index is 13.3. The molecule has 0 radical (unpaired) electrons. The van der Waals surface area contributed by atoms with Crippen LogP contribution in [0.3, 0.4) is 0 Å². The maximum Gasteiger partial charge on any atom is 0.273 e. The van der Waals surface area contributed by atoms with Crippen molar-refractivity contribution < 1.29 is 13.2 Å². The van der Waals surface area contributed by atoms with E-state index >= 15 is 0 Å². The van der Waals surface area contributed by atoms with Crippen molar-refractivity contribution in [2.45, 2.75) is 49.6 Å². The standard InChI is InChI=1S/C26H31N3O3S2/c1-20-3-2-4-22(19-20)21-5-7-25(8-6-21)34(30,31)29-16-9-23(10-17-29)28-14-11-24(12-15-28)32-26-27-13-18-33-26/h2-8,13,18-19,23-24H,9-12,14-17H2,1H3. The number of sulfonamides is 1. The van der Waals surface area contributed by atoms with Crippen molar-refractivity contribution in [3.8, 4) is 16.3 Å². The van der Waals surface area contributed by atoms with Crippen LogP contribution in [0.15, 0.2) is 65.0 Å². The number of hydrogen-bond acceptors (Lipinski definition) is 6. The fourth-order valence-corrected chi connectivity index (χ4v) is 7.03. The molecule has 180 valence electrons. The summed E-state index contributed by atoms with van der Waals surface area (Å²) < 4.78 is 34.1. The normalized spacial score (nSPS) is 19.3. The van der Waals surface area contributed by atoms with Gasteiger partial charge >= 0.3 is 0 Å². The second-order valence-corrected chi connectivity index (χ2v) is 12.0. The van der Waals surface area contributed by atoms with Gasteiger partial charge in [0.2, 0.25) is 10.0 Å². The first kappa shape index (κ1) is 23.5. The Hall–Kier alpha value is -2.26. The summed E-state index contributed by atoms with van der Waals surface area (Å²) in [4.78, 5) is 7.11. The summed E-state index contributed by atoms with van der Waals surface area (Å²) >= 11 is 1.54. The lowest BCUT2D eigenvalue weighted by Gasteiger charge is -2.41. The van der Waals surface area contributed by atoms with Gasteiger partial charge in [0.1, 0.15) is 6.10 Å². The largest absolute Gasteiger partial charge is 0.467 e. The van der Waals surface area contributed by atoms with E-state index in [9.17, 15) is 8.42 Å². The van der Waals surface area contributed by atoms with Gasteiger partial charge in [-0.05, 0) is 55.9 Å². The summed E-state index contributed by atoms with van der Waals surface area (Å²) in [6.07, 6.45) is 5.73. The zero-order valence-electron chi connectivity index (χ0n) is 19.5. The van der Waals surface area contributed by atoms with Gasteiger partial charge in [-0.2, -0.15) is 4.31 Å². The van der Waals surface area contributed by atoms with Crippen molar-refractivity contribution in [3.63, 3.8) is 0 Å². The third-order valence-electron chi connectivity index (χ3n) is 6.94. The van der Waals surface area contributed by atoms with E-state index in [2.05, 4.69) is 35.0 Å². The van der Waals surface area contributed by atoms with Crippen LogP contribution < -0.4 is 4.74 Å². The molecule has 0 aliphatic carbocycles. The van der Waals surface area contributed by atoms with Crippen molar-refractivity contribution in [2.24, 2.45) is 0 Å². The predicted octanol–water partition coefficient (Wildman–Crippen LogP) is 4.82. The first-order valence-corrected chi connectivity index (χ1v) is 14.3. The van der Waals surface area contributed by atoms with Gasteiger partial charge in [-0.15, -0.1) is 0 Å². The molecule has 6 nitrogen and oxygen atoms in total. The maximum absolute atomic E-state index is 13.3. The van der Waals surface area contributed by atoms with Crippen molar-refractivity contribution in [3.05, 3.63) is 65.7 Å². The first-order chi connectivity index (χ1) is 16.5. The molecule has 34 heavy (non-hydrogen) atoms. The summed E-state index contributed by atoms with van der Waals surface area (Å²) in [5, 5.41) is 2.69. The van der Waals surface area contributed by atoms with Crippen molar-refractivity contribution in [1.82, 2.24) is 14.2 Å². The van der Waals surface area contributed by atoms with Crippen molar-refractivity contribution >= 4 is 21.4 Å². The molecule has 2 saturated heterocycles. The van der Waals surface area contributed by atoms with Crippen molar-refractivity contribution in [2.75, 3.05) is 26.2 Å². The number of benzene rings is 2. The predicted molar refractivity (Wildman–Crippen MR) is 136 cm³/mol. The van der Waals surface area contributed by atoms with Crippen LogP contribution in [0.1, 0.15) is 31.2 Å². The summed E-state index contributed by atoms with van der Waals surface area (Å²) in [6, 6.07) is 16.0.